The predicted octanol–water partition coefficient (Wildman–Crippen LogP) is 4.72. The van der Waals surface area contributed by atoms with Crippen molar-refractivity contribution in [2.75, 3.05) is 6.61 Å². The van der Waals surface area contributed by atoms with E-state index in [0.29, 0.717) is 12.2 Å². The topological polar surface area (TPSA) is 26.3 Å². The maximum atomic E-state index is 11.1. The molecule has 0 bridgehead atoms. The van der Waals surface area contributed by atoms with Crippen molar-refractivity contribution >= 4 is 14.0 Å². The minimum atomic E-state index is -1.17. The Balaban J connectivity index is 3.31. The lowest BCUT2D eigenvalue weighted by atomic mass is 10.1. The molecule has 0 heterocycles. The summed E-state index contributed by atoms with van der Waals surface area (Å²) in [5, 5.41) is 0. The molecule has 0 fully saturated rings. The summed E-state index contributed by atoms with van der Waals surface area (Å²) in [6.07, 6.45) is 8.06. The van der Waals surface area contributed by atoms with Gasteiger partial charge in [-0.05, 0) is 19.8 Å². The number of carbonyl (C=O) groups excluding carboxylic acids is 1. The van der Waals surface area contributed by atoms with Crippen LogP contribution in [0.3, 0.4) is 0 Å². The Hall–Kier alpha value is -1.01. The zero-order valence-electron chi connectivity index (χ0n) is 13.7. The van der Waals surface area contributed by atoms with Crippen molar-refractivity contribution in [1.82, 2.24) is 0 Å². The largest absolute Gasteiger partial charge is 0.462 e. The third-order valence-corrected chi connectivity index (χ3v) is 3.67. The Labute approximate surface area is 126 Å². The quantitative estimate of drug-likeness (QED) is 0.202. The molecule has 0 aliphatic rings. The maximum absolute atomic E-state index is 11.1. The Kier molecular flexibility index (Phi) is 10.2. The fourth-order valence-electron chi connectivity index (χ4n) is 1.64. The smallest absolute Gasteiger partial charge is 0.333 e. The lowest BCUT2D eigenvalue weighted by molar-refractivity contribution is -0.139. The molecule has 0 atom stereocenters. The van der Waals surface area contributed by atoms with Crippen LogP contribution >= 0.6 is 0 Å². The molecular weight excluding hydrogens is 264 g/mol. The molecule has 0 aliphatic carbocycles. The lowest BCUT2D eigenvalue weighted by Gasteiger charge is -2.04. The first-order valence-corrected chi connectivity index (χ1v) is 11.2. The van der Waals surface area contributed by atoms with Gasteiger partial charge in [0.2, 0.25) is 0 Å². The van der Waals surface area contributed by atoms with E-state index in [1.165, 1.54) is 25.7 Å². The molecule has 0 unspecified atom stereocenters. The van der Waals surface area contributed by atoms with Crippen molar-refractivity contribution in [2.24, 2.45) is 0 Å². The SMILES string of the molecule is C=C(C)C(=O)OCCCCCCCCC#C[Si](C)(C)C. The molecule has 0 aromatic heterocycles. The molecule has 0 saturated heterocycles. The molecule has 3 heteroatoms. The fraction of sp³-hybridized carbons (Fsp3) is 0.706. The van der Waals surface area contributed by atoms with Crippen LogP contribution in [0.4, 0.5) is 0 Å². The zero-order chi connectivity index (χ0) is 15.4. The van der Waals surface area contributed by atoms with Gasteiger partial charge in [-0.15, -0.1) is 11.5 Å². The number of ether oxygens (including phenoxy) is 1. The summed E-state index contributed by atoms with van der Waals surface area (Å²) >= 11 is 0. The van der Waals surface area contributed by atoms with Crippen LogP contribution in [0.15, 0.2) is 12.2 Å². The highest BCUT2D eigenvalue weighted by Crippen LogP contribution is 2.07. The fourth-order valence-corrected chi connectivity index (χ4v) is 2.29. The van der Waals surface area contributed by atoms with Crippen LogP contribution in [0, 0.1) is 11.5 Å². The second-order valence-corrected chi connectivity index (χ2v) is 11.1. The molecule has 2 nitrogen and oxygen atoms in total. The highest BCUT2D eigenvalue weighted by Gasteiger charge is 2.06. The molecular formula is C17H30O2Si. The van der Waals surface area contributed by atoms with Gasteiger partial charge >= 0.3 is 5.97 Å². The van der Waals surface area contributed by atoms with Crippen molar-refractivity contribution in [3.63, 3.8) is 0 Å². The molecule has 0 aromatic rings. The van der Waals surface area contributed by atoms with E-state index >= 15 is 0 Å². The molecule has 114 valence electrons. The maximum Gasteiger partial charge on any atom is 0.333 e. The standard InChI is InChI=1S/C17H30O2Si/c1-16(2)17(18)19-14-12-10-8-6-7-9-11-13-15-20(3,4)5/h1,6-12,14H2,2-5H3. The summed E-state index contributed by atoms with van der Waals surface area (Å²) in [7, 11) is -1.17. The zero-order valence-corrected chi connectivity index (χ0v) is 14.7. The number of hydrogen-bond acceptors (Lipinski definition) is 2. The van der Waals surface area contributed by atoms with Crippen LogP contribution in [-0.2, 0) is 9.53 Å². The van der Waals surface area contributed by atoms with Crippen LogP contribution in [0.25, 0.3) is 0 Å². The third kappa shape index (κ3) is 13.4. The summed E-state index contributed by atoms with van der Waals surface area (Å²) in [5.74, 6) is 3.03. The molecule has 0 rings (SSSR count). The Morgan fingerprint density at radius 2 is 1.60 bits per heavy atom. The van der Waals surface area contributed by atoms with Gasteiger partial charge in [-0.1, -0.05) is 51.9 Å². The van der Waals surface area contributed by atoms with Gasteiger partial charge in [0.1, 0.15) is 8.07 Å². The Morgan fingerprint density at radius 3 is 2.15 bits per heavy atom. The molecule has 0 spiro atoms. The van der Waals surface area contributed by atoms with E-state index in [9.17, 15) is 4.79 Å². The van der Waals surface area contributed by atoms with Gasteiger partial charge in [0, 0.05) is 12.0 Å². The minimum Gasteiger partial charge on any atom is -0.462 e. The Bertz CT molecular complexity index is 355. The number of rotatable bonds is 9. The van der Waals surface area contributed by atoms with Gasteiger partial charge in [-0.2, -0.15) is 0 Å². The average molecular weight is 295 g/mol. The van der Waals surface area contributed by atoms with Crippen LogP contribution < -0.4 is 0 Å². The van der Waals surface area contributed by atoms with E-state index in [-0.39, 0.29) is 5.97 Å². The van der Waals surface area contributed by atoms with Gasteiger partial charge < -0.3 is 4.74 Å². The molecule has 0 aromatic carbocycles. The summed E-state index contributed by atoms with van der Waals surface area (Å²) < 4.78 is 5.04. The molecule has 0 saturated carbocycles. The van der Waals surface area contributed by atoms with Crippen molar-refractivity contribution in [3.8, 4) is 11.5 Å². The average Bonchev–Trinajstić information content (AvgIpc) is 2.34. The van der Waals surface area contributed by atoms with Crippen LogP contribution in [0.2, 0.25) is 19.6 Å². The van der Waals surface area contributed by atoms with Crippen molar-refractivity contribution in [3.05, 3.63) is 12.2 Å². The van der Waals surface area contributed by atoms with Gasteiger partial charge in [-0.3, -0.25) is 0 Å². The summed E-state index contributed by atoms with van der Waals surface area (Å²) in [6, 6.07) is 0. The lowest BCUT2D eigenvalue weighted by Crippen LogP contribution is -2.16. The van der Waals surface area contributed by atoms with Crippen LogP contribution in [0.5, 0.6) is 0 Å². The highest BCUT2D eigenvalue weighted by molar-refractivity contribution is 6.83. The van der Waals surface area contributed by atoms with E-state index < -0.39 is 8.07 Å². The van der Waals surface area contributed by atoms with Crippen LogP contribution in [0.1, 0.15) is 51.9 Å². The van der Waals surface area contributed by atoms with E-state index in [0.717, 1.165) is 19.3 Å². The number of esters is 1. The second-order valence-electron chi connectivity index (χ2n) is 6.34. The van der Waals surface area contributed by atoms with Crippen molar-refractivity contribution < 1.29 is 9.53 Å². The first kappa shape index (κ1) is 19.0. The molecule has 0 aliphatic heterocycles. The van der Waals surface area contributed by atoms with E-state index in [4.69, 9.17) is 4.74 Å². The predicted molar refractivity (Wildman–Crippen MR) is 89.2 cm³/mol. The van der Waals surface area contributed by atoms with Crippen LogP contribution in [-0.4, -0.2) is 20.7 Å². The van der Waals surface area contributed by atoms with Gasteiger partial charge in [0.15, 0.2) is 0 Å². The first-order chi connectivity index (χ1) is 9.33. The van der Waals surface area contributed by atoms with E-state index in [1.54, 1.807) is 6.92 Å². The number of carbonyl (C=O) groups is 1. The van der Waals surface area contributed by atoms with Gasteiger partial charge in [-0.25, -0.2) is 4.79 Å². The number of hydrogen-bond donors (Lipinski definition) is 0. The Morgan fingerprint density at radius 1 is 1.05 bits per heavy atom. The van der Waals surface area contributed by atoms with Crippen molar-refractivity contribution in [1.29, 1.82) is 0 Å². The highest BCUT2D eigenvalue weighted by atomic mass is 28.3. The minimum absolute atomic E-state index is 0.272. The molecule has 0 N–H and O–H groups in total. The first-order valence-electron chi connectivity index (χ1n) is 7.65. The number of unbranched alkanes of at least 4 members (excludes halogenated alkanes) is 6. The van der Waals surface area contributed by atoms with Gasteiger partial charge in [0.25, 0.3) is 0 Å². The summed E-state index contributed by atoms with van der Waals surface area (Å²) in [6.45, 7) is 12.6. The van der Waals surface area contributed by atoms with Crippen molar-refractivity contribution in [2.45, 2.75) is 71.5 Å². The normalized spacial score (nSPS) is 10.6. The van der Waals surface area contributed by atoms with E-state index in [2.05, 4.69) is 37.7 Å². The third-order valence-electron chi connectivity index (χ3n) is 2.74. The molecule has 20 heavy (non-hydrogen) atoms. The second kappa shape index (κ2) is 10.7. The molecule has 0 radical (unpaired) electrons. The monoisotopic (exact) mass is 294 g/mol. The summed E-state index contributed by atoms with van der Waals surface area (Å²) in [5.41, 5.74) is 3.87. The molecule has 0 amide bonds. The van der Waals surface area contributed by atoms with Gasteiger partial charge in [0.05, 0.1) is 6.61 Å². The van der Waals surface area contributed by atoms with E-state index in [1.807, 2.05) is 0 Å². The summed E-state index contributed by atoms with van der Waals surface area (Å²) in [4.78, 5) is 11.1.